The smallest absolute Gasteiger partial charge is 0.218 e. The van der Waals surface area contributed by atoms with E-state index in [-0.39, 0.29) is 6.61 Å². The third kappa shape index (κ3) is 7.56. The third-order valence-corrected chi connectivity index (χ3v) is 7.05. The number of aliphatic hydroxyl groups is 1. The van der Waals surface area contributed by atoms with E-state index in [1.54, 1.807) is 11.1 Å². The number of piperazine rings is 1. The van der Waals surface area contributed by atoms with Crippen molar-refractivity contribution in [2.75, 3.05) is 44.2 Å². The van der Waals surface area contributed by atoms with Crippen LogP contribution in [0, 0.1) is 0 Å². The molecule has 2 N–H and O–H groups in total. The zero-order valence-corrected chi connectivity index (χ0v) is 20.5. The van der Waals surface area contributed by atoms with Crippen molar-refractivity contribution in [1.82, 2.24) is 15.1 Å². The van der Waals surface area contributed by atoms with Gasteiger partial charge in [-0.1, -0.05) is 18.2 Å². The Balaban J connectivity index is 1.19. The van der Waals surface area contributed by atoms with Crippen molar-refractivity contribution < 1.29 is 14.6 Å². The first kappa shape index (κ1) is 25.2. The molecule has 0 bridgehead atoms. The number of rotatable bonds is 11. The van der Waals surface area contributed by atoms with Crippen LogP contribution in [0.1, 0.15) is 32.1 Å². The molecule has 2 aromatic carbocycles. The molecule has 0 atom stereocenters. The summed E-state index contributed by atoms with van der Waals surface area (Å²) < 4.78 is 5.83. The molecule has 1 saturated heterocycles. The zero-order valence-electron chi connectivity index (χ0n) is 20.5. The van der Waals surface area contributed by atoms with Crippen molar-refractivity contribution in [2.45, 2.75) is 44.2 Å². The molecule has 1 aliphatic carbocycles. The van der Waals surface area contributed by atoms with Crippen LogP contribution in [0.25, 0.3) is 0 Å². The van der Waals surface area contributed by atoms with Crippen molar-refractivity contribution >= 4 is 12.1 Å². The molecule has 4 rings (SSSR count). The minimum absolute atomic E-state index is 0.284. The Morgan fingerprint density at radius 2 is 1.63 bits per heavy atom. The number of para-hydroxylation sites is 1. The molecule has 1 saturated carbocycles. The largest absolute Gasteiger partial charge is 0.457 e. The average Bonchev–Trinajstić information content (AvgIpc) is 2.92. The summed E-state index contributed by atoms with van der Waals surface area (Å²) in [4.78, 5) is 18.3. The molecule has 7 heteroatoms. The van der Waals surface area contributed by atoms with Crippen LogP contribution in [0.5, 0.6) is 11.5 Å². The molecule has 0 spiro atoms. The fraction of sp³-hybridized carbons (Fsp3) is 0.464. The first-order chi connectivity index (χ1) is 17.2. The Morgan fingerprint density at radius 3 is 2.29 bits per heavy atom. The maximum atomic E-state index is 11.7. The first-order valence-corrected chi connectivity index (χ1v) is 12.8. The number of benzene rings is 2. The van der Waals surface area contributed by atoms with E-state index in [0.717, 1.165) is 75.6 Å². The fourth-order valence-corrected chi connectivity index (χ4v) is 5.01. The number of anilines is 1. The molecular weight excluding hydrogens is 440 g/mol. The third-order valence-electron chi connectivity index (χ3n) is 7.05. The minimum Gasteiger partial charge on any atom is -0.457 e. The monoisotopic (exact) mass is 478 g/mol. The average molecular weight is 479 g/mol. The predicted octanol–water partition coefficient (Wildman–Crippen LogP) is 3.81. The Morgan fingerprint density at radius 1 is 0.943 bits per heavy atom. The van der Waals surface area contributed by atoms with Crippen LogP contribution in [0.4, 0.5) is 5.69 Å². The van der Waals surface area contributed by atoms with Gasteiger partial charge in [0.1, 0.15) is 11.5 Å². The summed E-state index contributed by atoms with van der Waals surface area (Å²) in [5, 5.41) is 12.5. The molecule has 0 aromatic heterocycles. The van der Waals surface area contributed by atoms with E-state index in [9.17, 15) is 4.79 Å². The minimum atomic E-state index is 0.284. The highest BCUT2D eigenvalue weighted by molar-refractivity contribution is 5.77. The quantitative estimate of drug-likeness (QED) is 0.479. The van der Waals surface area contributed by atoms with Crippen molar-refractivity contribution in [2.24, 2.45) is 0 Å². The van der Waals surface area contributed by atoms with Gasteiger partial charge in [0.25, 0.3) is 0 Å². The van der Waals surface area contributed by atoms with Gasteiger partial charge in [-0.15, -0.1) is 0 Å². The topological polar surface area (TPSA) is 68.3 Å². The number of aliphatic hydroxyl groups excluding tert-OH is 1. The van der Waals surface area contributed by atoms with Gasteiger partial charge in [-0.05, 0) is 68.5 Å². The van der Waals surface area contributed by atoms with E-state index in [1.807, 2.05) is 60.8 Å². The Labute approximate surface area is 209 Å². The maximum Gasteiger partial charge on any atom is 0.218 e. The molecule has 2 aromatic rings. The van der Waals surface area contributed by atoms with E-state index < -0.39 is 0 Å². The van der Waals surface area contributed by atoms with Crippen LogP contribution in [0.2, 0.25) is 0 Å². The number of carbonyl (C=O) groups excluding carboxylic acids is 1. The highest BCUT2D eigenvalue weighted by Crippen LogP contribution is 2.25. The maximum absolute atomic E-state index is 11.7. The van der Waals surface area contributed by atoms with Gasteiger partial charge in [0.15, 0.2) is 0 Å². The highest BCUT2D eigenvalue weighted by Gasteiger charge is 2.27. The first-order valence-electron chi connectivity index (χ1n) is 12.8. The summed E-state index contributed by atoms with van der Waals surface area (Å²) in [7, 11) is 0. The van der Waals surface area contributed by atoms with E-state index >= 15 is 0 Å². The Kier molecular flexibility index (Phi) is 9.57. The van der Waals surface area contributed by atoms with E-state index in [0.29, 0.717) is 12.1 Å². The fourth-order valence-electron chi connectivity index (χ4n) is 5.01. The number of hydrogen-bond acceptors (Lipinski definition) is 6. The number of hydrogen-bond donors (Lipinski definition) is 2. The van der Waals surface area contributed by atoms with Crippen LogP contribution in [0.3, 0.4) is 0 Å². The van der Waals surface area contributed by atoms with Gasteiger partial charge in [0.05, 0.1) is 0 Å². The lowest BCUT2D eigenvalue weighted by Gasteiger charge is -2.42. The summed E-state index contributed by atoms with van der Waals surface area (Å²) in [5.74, 6) is 1.52. The predicted molar refractivity (Wildman–Crippen MR) is 140 cm³/mol. The molecule has 2 aliphatic rings. The normalized spacial score (nSPS) is 21.6. The van der Waals surface area contributed by atoms with Gasteiger partial charge in [-0.2, -0.15) is 0 Å². The SMILES string of the molecule is O=CN(/C=C\NC1CCC(N2CCN(CCCO)CC2)CC1)c1ccc(Oc2ccccc2)cc1. The number of ether oxygens (including phenoxy) is 1. The van der Waals surface area contributed by atoms with Crippen LogP contribution in [-0.4, -0.2) is 72.7 Å². The molecule has 188 valence electrons. The van der Waals surface area contributed by atoms with Gasteiger partial charge in [-0.25, -0.2) is 0 Å². The van der Waals surface area contributed by atoms with Crippen LogP contribution in [0.15, 0.2) is 67.0 Å². The summed E-state index contributed by atoms with van der Waals surface area (Å²) in [6, 6.07) is 18.3. The van der Waals surface area contributed by atoms with Gasteiger partial charge < -0.3 is 20.1 Å². The van der Waals surface area contributed by atoms with Gasteiger partial charge in [-0.3, -0.25) is 14.6 Å². The van der Waals surface area contributed by atoms with Crippen molar-refractivity contribution in [3.8, 4) is 11.5 Å². The molecule has 1 amide bonds. The van der Waals surface area contributed by atoms with E-state index in [1.165, 1.54) is 12.8 Å². The zero-order chi connectivity index (χ0) is 24.3. The van der Waals surface area contributed by atoms with Gasteiger partial charge in [0, 0.05) is 69.5 Å². The van der Waals surface area contributed by atoms with E-state index in [2.05, 4.69) is 15.1 Å². The summed E-state index contributed by atoms with van der Waals surface area (Å²) in [6.45, 7) is 5.79. The van der Waals surface area contributed by atoms with Gasteiger partial charge >= 0.3 is 0 Å². The second-order valence-electron chi connectivity index (χ2n) is 9.36. The number of amides is 1. The Bertz CT molecular complexity index is 906. The van der Waals surface area contributed by atoms with Crippen molar-refractivity contribution in [3.05, 3.63) is 67.0 Å². The summed E-state index contributed by atoms with van der Waals surface area (Å²) in [6.07, 6.45) is 10.1. The number of carbonyl (C=O) groups is 1. The van der Waals surface area contributed by atoms with Crippen molar-refractivity contribution in [3.63, 3.8) is 0 Å². The molecule has 0 radical (unpaired) electrons. The Hall–Kier alpha value is -2.87. The van der Waals surface area contributed by atoms with Crippen LogP contribution >= 0.6 is 0 Å². The van der Waals surface area contributed by atoms with E-state index in [4.69, 9.17) is 9.84 Å². The molecule has 1 aliphatic heterocycles. The molecule has 35 heavy (non-hydrogen) atoms. The standard InChI is InChI=1S/C28H38N4O3/c33-22-4-16-30-18-20-31(21-19-30)25-9-7-24(8-10-25)29-15-17-32(23-34)26-11-13-28(14-12-26)35-27-5-2-1-3-6-27/h1-3,5-6,11-15,17,23-25,29,33H,4,7-10,16,18-22H2/b17-15-. The molecule has 1 heterocycles. The summed E-state index contributed by atoms with van der Waals surface area (Å²) in [5.41, 5.74) is 0.792. The van der Waals surface area contributed by atoms with Crippen molar-refractivity contribution in [1.29, 1.82) is 0 Å². The molecular formula is C28H38N4O3. The molecule has 7 nitrogen and oxygen atoms in total. The molecule has 0 unspecified atom stereocenters. The van der Waals surface area contributed by atoms with Crippen LogP contribution < -0.4 is 15.0 Å². The van der Waals surface area contributed by atoms with Gasteiger partial charge in [0.2, 0.25) is 6.41 Å². The number of nitrogens with zero attached hydrogens (tertiary/aromatic N) is 3. The lowest BCUT2D eigenvalue weighted by Crippen LogP contribution is -2.52. The second-order valence-corrected chi connectivity index (χ2v) is 9.36. The lowest BCUT2D eigenvalue weighted by molar-refractivity contribution is -0.106. The summed E-state index contributed by atoms with van der Waals surface area (Å²) >= 11 is 0. The number of nitrogens with one attached hydrogen (secondary N) is 1. The molecule has 2 fully saturated rings. The lowest BCUT2D eigenvalue weighted by atomic mass is 9.90. The van der Waals surface area contributed by atoms with Crippen LogP contribution in [-0.2, 0) is 4.79 Å². The highest BCUT2D eigenvalue weighted by atomic mass is 16.5. The second kappa shape index (κ2) is 13.3.